The Labute approximate surface area is 184 Å². The monoisotopic (exact) mass is 449 g/mol. The third kappa shape index (κ3) is 4.10. The number of carbonyl (C=O) groups is 1. The van der Waals surface area contributed by atoms with E-state index in [1.54, 1.807) is 42.0 Å². The highest BCUT2D eigenvalue weighted by Gasteiger charge is 2.62. The van der Waals surface area contributed by atoms with E-state index in [0.29, 0.717) is 16.6 Å². The maximum absolute atomic E-state index is 16.7. The van der Waals surface area contributed by atoms with Gasteiger partial charge in [0.15, 0.2) is 0 Å². The Morgan fingerprint density at radius 3 is 2.28 bits per heavy atom. The second kappa shape index (κ2) is 8.22. The van der Waals surface area contributed by atoms with Gasteiger partial charge in [-0.2, -0.15) is 13.9 Å². The summed E-state index contributed by atoms with van der Waals surface area (Å²) in [6, 6.07) is 6.53. The van der Waals surface area contributed by atoms with Crippen molar-refractivity contribution in [2.75, 3.05) is 0 Å². The highest BCUT2D eigenvalue weighted by atomic mass is 19.3. The molecular weight excluding hydrogens is 422 g/mol. The lowest BCUT2D eigenvalue weighted by molar-refractivity contribution is -0.203. The average Bonchev–Trinajstić information content (AvgIpc) is 3.10. The van der Waals surface area contributed by atoms with Crippen molar-refractivity contribution in [2.45, 2.75) is 52.8 Å². The van der Waals surface area contributed by atoms with Crippen LogP contribution >= 0.6 is 0 Å². The lowest BCUT2D eigenvalue weighted by Gasteiger charge is -2.46. The molecule has 32 heavy (non-hydrogen) atoms. The van der Waals surface area contributed by atoms with Gasteiger partial charge in [0.1, 0.15) is 11.5 Å². The Balaban J connectivity index is 2.12. The Morgan fingerprint density at radius 2 is 1.72 bits per heavy atom. The zero-order chi connectivity index (χ0) is 23.9. The molecule has 0 aliphatic heterocycles. The number of amides is 1. The van der Waals surface area contributed by atoms with Gasteiger partial charge in [-0.1, -0.05) is 19.9 Å². The van der Waals surface area contributed by atoms with Crippen molar-refractivity contribution in [3.05, 3.63) is 60.0 Å². The van der Waals surface area contributed by atoms with Crippen molar-refractivity contribution in [2.24, 2.45) is 11.3 Å². The maximum Gasteiger partial charge on any atom is 0.333 e. The van der Waals surface area contributed by atoms with Crippen molar-refractivity contribution in [1.29, 1.82) is 0 Å². The molecule has 1 atom stereocenters. The first kappa shape index (κ1) is 23.8. The molecule has 0 saturated carbocycles. The van der Waals surface area contributed by atoms with Gasteiger partial charge in [-0.15, -0.1) is 0 Å². The van der Waals surface area contributed by atoms with E-state index >= 15 is 13.2 Å². The van der Waals surface area contributed by atoms with Crippen LogP contribution in [0.15, 0.2) is 48.7 Å². The molecule has 0 aliphatic rings. The van der Waals surface area contributed by atoms with Crippen LogP contribution in [0.2, 0.25) is 0 Å². The van der Waals surface area contributed by atoms with E-state index in [0.717, 1.165) is 20.8 Å². The van der Waals surface area contributed by atoms with Crippen LogP contribution in [0.5, 0.6) is 0 Å². The van der Waals surface area contributed by atoms with Crippen LogP contribution in [0, 0.1) is 17.2 Å². The van der Waals surface area contributed by atoms with E-state index in [-0.39, 0.29) is 23.7 Å². The molecule has 1 aromatic heterocycles. The summed E-state index contributed by atoms with van der Waals surface area (Å²) in [5.41, 5.74) is -3.40. The molecule has 8 heteroatoms. The molecule has 0 spiro atoms. The van der Waals surface area contributed by atoms with Crippen molar-refractivity contribution in [3.8, 4) is 5.69 Å². The van der Waals surface area contributed by atoms with Gasteiger partial charge in [-0.3, -0.25) is 10.1 Å². The molecule has 2 aromatic carbocycles. The van der Waals surface area contributed by atoms with Gasteiger partial charge in [0.25, 0.3) is 0 Å². The van der Waals surface area contributed by atoms with Crippen LogP contribution in [-0.4, -0.2) is 21.7 Å². The predicted octanol–water partition coefficient (Wildman–Crippen LogP) is 6.13. The third-order valence-corrected chi connectivity index (χ3v) is 5.89. The molecule has 4 nitrogen and oxygen atoms in total. The van der Waals surface area contributed by atoms with Crippen LogP contribution in [0.3, 0.4) is 0 Å². The summed E-state index contributed by atoms with van der Waals surface area (Å²) < 4.78 is 61.6. The highest BCUT2D eigenvalue weighted by molar-refractivity contribution is 5.81. The quantitative estimate of drug-likeness (QED) is 0.348. The second-order valence-corrected chi connectivity index (χ2v) is 9.09. The van der Waals surface area contributed by atoms with Gasteiger partial charge in [-0.25, -0.2) is 13.5 Å². The third-order valence-electron chi connectivity index (χ3n) is 5.89. The first-order valence-corrected chi connectivity index (χ1v) is 10.4. The number of hydrogen-bond acceptors (Lipinski definition) is 2. The normalized spacial score (nSPS) is 14.6. The fourth-order valence-corrected chi connectivity index (χ4v) is 3.99. The number of benzene rings is 2. The summed E-state index contributed by atoms with van der Waals surface area (Å²) in [7, 11) is 0. The number of aromatic nitrogens is 2. The number of alkyl halides is 3. The van der Waals surface area contributed by atoms with E-state index in [1.165, 1.54) is 30.5 Å². The Kier molecular flexibility index (Phi) is 6.10. The summed E-state index contributed by atoms with van der Waals surface area (Å²) in [6.07, 6.45) is 1.34. The lowest BCUT2D eigenvalue weighted by atomic mass is 9.66. The summed E-state index contributed by atoms with van der Waals surface area (Å²) >= 11 is 0. The molecule has 1 unspecified atom stereocenters. The van der Waals surface area contributed by atoms with Gasteiger partial charge in [-0.05, 0) is 68.1 Å². The van der Waals surface area contributed by atoms with E-state index < -0.39 is 23.0 Å². The number of halogens is 4. The van der Waals surface area contributed by atoms with E-state index in [2.05, 4.69) is 5.10 Å². The molecule has 0 radical (unpaired) electrons. The predicted molar refractivity (Wildman–Crippen MR) is 116 cm³/mol. The second-order valence-electron chi connectivity index (χ2n) is 9.09. The van der Waals surface area contributed by atoms with Crippen LogP contribution in [0.1, 0.15) is 46.6 Å². The molecule has 0 bridgehead atoms. The van der Waals surface area contributed by atoms with Crippen molar-refractivity contribution in [1.82, 2.24) is 15.1 Å². The summed E-state index contributed by atoms with van der Waals surface area (Å²) in [5, 5.41) is 6.46. The first-order chi connectivity index (χ1) is 14.8. The van der Waals surface area contributed by atoms with E-state index in [4.69, 9.17) is 0 Å². The number of carbonyl (C=O) groups excluding carboxylic acids is 1. The van der Waals surface area contributed by atoms with Gasteiger partial charge >= 0.3 is 6.05 Å². The molecule has 1 heterocycles. The Hall–Kier alpha value is -2.90. The number of rotatable bonds is 7. The van der Waals surface area contributed by atoms with Crippen molar-refractivity contribution < 1.29 is 22.4 Å². The number of fused-ring (bicyclic) bond motifs is 1. The van der Waals surface area contributed by atoms with Crippen LogP contribution < -0.4 is 5.32 Å². The summed E-state index contributed by atoms with van der Waals surface area (Å²) in [4.78, 5) is 11.4. The lowest BCUT2D eigenvalue weighted by Crippen LogP contribution is -2.59. The van der Waals surface area contributed by atoms with Gasteiger partial charge in [0.05, 0.1) is 22.8 Å². The summed E-state index contributed by atoms with van der Waals surface area (Å²) in [5.74, 6) is -1.55. The first-order valence-electron chi connectivity index (χ1n) is 10.4. The average molecular weight is 449 g/mol. The largest absolute Gasteiger partial charge is 0.333 e. The highest BCUT2D eigenvalue weighted by Crippen LogP contribution is 2.54. The minimum atomic E-state index is -3.80. The molecule has 1 N–H and O–H groups in total. The molecule has 0 aliphatic carbocycles. The molecule has 3 aromatic rings. The number of nitrogens with one attached hydrogen (secondary N) is 1. The van der Waals surface area contributed by atoms with Gasteiger partial charge < -0.3 is 0 Å². The molecular formula is C24H27F4N3O. The molecule has 172 valence electrons. The van der Waals surface area contributed by atoms with Gasteiger partial charge in [0.2, 0.25) is 5.91 Å². The van der Waals surface area contributed by atoms with E-state index in [1.807, 2.05) is 0 Å². The zero-order valence-corrected chi connectivity index (χ0v) is 18.7. The van der Waals surface area contributed by atoms with Crippen molar-refractivity contribution >= 4 is 16.8 Å². The minimum absolute atomic E-state index is 0.0763. The standard InChI is InChI=1S/C24H27F4N3O/c1-15(2)13-23(26,22(4,5)24(27,28)30-16(3)32)18-6-11-21-17(12-18)14-29-31(21)20-9-7-19(25)8-10-20/h6-12,14-15H,13H2,1-5H3,(H,30,32). The molecule has 0 saturated heterocycles. The topological polar surface area (TPSA) is 46.9 Å². The van der Waals surface area contributed by atoms with Crippen LogP contribution in [0.4, 0.5) is 17.6 Å². The van der Waals surface area contributed by atoms with Gasteiger partial charge in [0, 0.05) is 12.3 Å². The fraction of sp³-hybridized carbons (Fsp3) is 0.417. The van der Waals surface area contributed by atoms with Crippen molar-refractivity contribution in [3.63, 3.8) is 0 Å². The molecule has 0 fully saturated rings. The number of hydrogen-bond donors (Lipinski definition) is 1. The van der Waals surface area contributed by atoms with E-state index in [9.17, 15) is 9.18 Å². The van der Waals surface area contributed by atoms with Crippen LogP contribution in [0.25, 0.3) is 16.6 Å². The summed E-state index contributed by atoms with van der Waals surface area (Å²) in [6.45, 7) is 6.73. The smallest absolute Gasteiger partial charge is 0.297 e. The zero-order valence-electron chi connectivity index (χ0n) is 18.7. The SMILES string of the molecule is CC(=O)NC(F)(F)C(C)(C)C(F)(CC(C)C)c1ccc2c(cnn2-c2ccc(F)cc2)c1. The minimum Gasteiger partial charge on any atom is -0.297 e. The Morgan fingerprint density at radius 1 is 1.09 bits per heavy atom. The molecule has 3 rings (SSSR count). The van der Waals surface area contributed by atoms with Crippen LogP contribution in [-0.2, 0) is 10.5 Å². The Bertz CT molecular complexity index is 1120. The molecule has 1 amide bonds. The number of nitrogens with zero attached hydrogens (tertiary/aromatic N) is 2. The maximum atomic E-state index is 16.7. The fourth-order valence-electron chi connectivity index (χ4n) is 3.99.